The van der Waals surface area contributed by atoms with Gasteiger partial charge in [0.1, 0.15) is 5.82 Å². The van der Waals surface area contributed by atoms with Crippen molar-refractivity contribution in [2.24, 2.45) is 0 Å². The molecule has 0 radical (unpaired) electrons. The highest BCUT2D eigenvalue weighted by molar-refractivity contribution is 6.01. The fourth-order valence-corrected chi connectivity index (χ4v) is 1.66. The van der Waals surface area contributed by atoms with Crippen molar-refractivity contribution in [2.45, 2.75) is 19.4 Å². The van der Waals surface area contributed by atoms with E-state index in [0.29, 0.717) is 17.7 Å². The molecule has 4 nitrogen and oxygen atoms in total. The molecule has 0 aliphatic heterocycles. The Balaban J connectivity index is 2.93. The van der Waals surface area contributed by atoms with Crippen LogP contribution < -0.4 is 5.32 Å². The van der Waals surface area contributed by atoms with Crippen LogP contribution in [0.15, 0.2) is 30.9 Å². The van der Waals surface area contributed by atoms with Gasteiger partial charge in [-0.2, -0.15) is 0 Å². The van der Waals surface area contributed by atoms with Crippen LogP contribution in [0.4, 0.5) is 4.39 Å². The van der Waals surface area contributed by atoms with Gasteiger partial charge in [0.15, 0.2) is 5.78 Å². The van der Waals surface area contributed by atoms with Crippen molar-refractivity contribution in [1.82, 2.24) is 5.32 Å². The number of carbonyl (C=O) groups excluding carboxylic acids is 1. The summed E-state index contributed by atoms with van der Waals surface area (Å²) in [4.78, 5) is 22.9. The van der Waals surface area contributed by atoms with Gasteiger partial charge in [-0.05, 0) is 30.7 Å². The second-order valence-electron chi connectivity index (χ2n) is 4.18. The minimum atomic E-state index is -1.08. The number of nitrogens with one attached hydrogen (secondary N) is 1. The van der Waals surface area contributed by atoms with Crippen molar-refractivity contribution in [1.29, 1.82) is 0 Å². The fraction of sp³-hybridized carbons (Fsp3) is 0.286. The molecule has 0 bridgehead atoms. The smallest absolute Gasteiger partial charge is 0.305 e. The number of hydrogen-bond acceptors (Lipinski definition) is 3. The normalized spacial score (nSPS) is 11.9. The van der Waals surface area contributed by atoms with Gasteiger partial charge in [-0.1, -0.05) is 6.08 Å². The van der Waals surface area contributed by atoms with Crippen molar-refractivity contribution in [3.05, 3.63) is 47.8 Å². The Kier molecular flexibility index (Phi) is 5.38. The molecule has 0 aliphatic rings. The lowest BCUT2D eigenvalue weighted by Crippen LogP contribution is -2.38. The molecule has 1 rings (SSSR count). The predicted molar refractivity (Wildman–Crippen MR) is 69.7 cm³/mol. The van der Waals surface area contributed by atoms with Crippen molar-refractivity contribution in [3.63, 3.8) is 0 Å². The van der Waals surface area contributed by atoms with E-state index in [2.05, 4.69) is 11.9 Å². The highest BCUT2D eigenvalue weighted by Crippen LogP contribution is 2.12. The Morgan fingerprint density at radius 2 is 2.21 bits per heavy atom. The third-order valence-electron chi connectivity index (χ3n) is 2.65. The van der Waals surface area contributed by atoms with Gasteiger partial charge in [0.25, 0.3) is 0 Å². The molecule has 5 heteroatoms. The summed E-state index contributed by atoms with van der Waals surface area (Å²) < 4.78 is 13.1. The van der Waals surface area contributed by atoms with Gasteiger partial charge in [0.05, 0.1) is 12.5 Å². The Hall–Kier alpha value is -2.01. The maximum Gasteiger partial charge on any atom is 0.305 e. The van der Waals surface area contributed by atoms with Crippen LogP contribution in [0.2, 0.25) is 0 Å². The topological polar surface area (TPSA) is 66.4 Å². The summed E-state index contributed by atoms with van der Waals surface area (Å²) in [5.41, 5.74) is 0.644. The third kappa shape index (κ3) is 4.30. The molecule has 1 atom stereocenters. The summed E-state index contributed by atoms with van der Waals surface area (Å²) in [6, 6.07) is 3.13. The molecule has 0 heterocycles. The van der Waals surface area contributed by atoms with E-state index >= 15 is 0 Å². The molecule has 2 N–H and O–H groups in total. The molecule has 0 fully saturated rings. The number of aryl methyl sites for hydroxylation is 1. The average molecular weight is 265 g/mol. The lowest BCUT2D eigenvalue weighted by molar-refractivity contribution is -0.137. The van der Waals surface area contributed by atoms with Crippen molar-refractivity contribution >= 4 is 11.8 Å². The zero-order valence-corrected chi connectivity index (χ0v) is 10.6. The summed E-state index contributed by atoms with van der Waals surface area (Å²) in [7, 11) is 0. The van der Waals surface area contributed by atoms with Crippen LogP contribution >= 0.6 is 0 Å². The summed E-state index contributed by atoms with van der Waals surface area (Å²) in [5, 5.41) is 11.6. The van der Waals surface area contributed by atoms with E-state index in [1.165, 1.54) is 24.3 Å². The van der Waals surface area contributed by atoms with Crippen LogP contribution in [-0.4, -0.2) is 29.4 Å². The Morgan fingerprint density at radius 3 is 2.74 bits per heavy atom. The first-order valence-electron chi connectivity index (χ1n) is 5.82. The fourth-order valence-electron chi connectivity index (χ4n) is 1.66. The molecule has 0 amide bonds. The zero-order chi connectivity index (χ0) is 14.4. The van der Waals surface area contributed by atoms with Crippen LogP contribution in [0.25, 0.3) is 0 Å². The number of benzene rings is 1. The summed E-state index contributed by atoms with van der Waals surface area (Å²) in [6.07, 6.45) is 1.21. The monoisotopic (exact) mass is 265 g/mol. The number of halogens is 1. The molecule has 0 aliphatic carbocycles. The summed E-state index contributed by atoms with van der Waals surface area (Å²) in [6.45, 7) is 5.37. The van der Waals surface area contributed by atoms with Gasteiger partial charge in [-0.15, -0.1) is 6.58 Å². The standard InChI is InChI=1S/C14H16FNO3/c1-3-6-16-12(8-13(17)18)14(19)10-4-5-11(15)9(2)7-10/h3-5,7,12,16H,1,6,8H2,2H3,(H,17,18). The first kappa shape index (κ1) is 15.0. The molecular formula is C14H16FNO3. The average Bonchev–Trinajstić information content (AvgIpc) is 2.36. The van der Waals surface area contributed by atoms with E-state index in [-0.39, 0.29) is 12.2 Å². The van der Waals surface area contributed by atoms with Crippen molar-refractivity contribution in [3.8, 4) is 0 Å². The van der Waals surface area contributed by atoms with E-state index in [9.17, 15) is 14.0 Å². The SMILES string of the molecule is C=CCNC(CC(=O)O)C(=O)c1ccc(F)c(C)c1. The number of carboxylic acids is 1. The van der Waals surface area contributed by atoms with Crippen LogP contribution in [0.1, 0.15) is 22.3 Å². The van der Waals surface area contributed by atoms with E-state index in [4.69, 9.17) is 5.11 Å². The summed E-state index contributed by atoms with van der Waals surface area (Å²) in [5.74, 6) is -1.84. The van der Waals surface area contributed by atoms with Gasteiger partial charge in [0.2, 0.25) is 0 Å². The number of hydrogen-bond donors (Lipinski definition) is 2. The Bertz CT molecular complexity index is 499. The van der Waals surface area contributed by atoms with E-state index in [1.54, 1.807) is 6.92 Å². The van der Waals surface area contributed by atoms with Crippen molar-refractivity contribution < 1.29 is 19.1 Å². The van der Waals surface area contributed by atoms with E-state index in [0.717, 1.165) is 0 Å². The third-order valence-corrected chi connectivity index (χ3v) is 2.65. The number of carbonyl (C=O) groups is 2. The van der Waals surface area contributed by atoms with Crippen molar-refractivity contribution in [2.75, 3.05) is 6.54 Å². The van der Waals surface area contributed by atoms with Crippen LogP contribution in [0, 0.1) is 12.7 Å². The molecular weight excluding hydrogens is 249 g/mol. The Labute approximate surface area is 110 Å². The molecule has 19 heavy (non-hydrogen) atoms. The molecule has 0 aromatic heterocycles. The minimum Gasteiger partial charge on any atom is -0.481 e. The highest BCUT2D eigenvalue weighted by Gasteiger charge is 2.22. The predicted octanol–water partition coefficient (Wildman–Crippen LogP) is 1.94. The van der Waals surface area contributed by atoms with Crippen LogP contribution in [0.5, 0.6) is 0 Å². The lowest BCUT2D eigenvalue weighted by Gasteiger charge is -2.15. The maximum absolute atomic E-state index is 13.1. The van der Waals surface area contributed by atoms with Crippen LogP contribution in [0.3, 0.4) is 0 Å². The quantitative estimate of drug-likeness (QED) is 0.584. The number of aliphatic carboxylic acids is 1. The number of ketones is 1. The second-order valence-corrected chi connectivity index (χ2v) is 4.18. The number of carboxylic acid groups (broad SMARTS) is 1. The lowest BCUT2D eigenvalue weighted by atomic mass is 10.00. The summed E-state index contributed by atoms with van der Waals surface area (Å²) >= 11 is 0. The molecule has 0 spiro atoms. The van der Waals surface area contributed by atoms with E-state index < -0.39 is 17.8 Å². The van der Waals surface area contributed by atoms with Gasteiger partial charge in [-0.25, -0.2) is 4.39 Å². The zero-order valence-electron chi connectivity index (χ0n) is 10.6. The maximum atomic E-state index is 13.1. The van der Waals surface area contributed by atoms with Gasteiger partial charge in [0, 0.05) is 12.1 Å². The Morgan fingerprint density at radius 1 is 1.53 bits per heavy atom. The van der Waals surface area contributed by atoms with Gasteiger partial charge >= 0.3 is 5.97 Å². The molecule has 1 unspecified atom stereocenters. The number of rotatable bonds is 7. The van der Waals surface area contributed by atoms with Gasteiger partial charge in [-0.3, -0.25) is 9.59 Å². The first-order chi connectivity index (χ1) is 8.95. The largest absolute Gasteiger partial charge is 0.481 e. The molecule has 0 saturated carbocycles. The molecule has 1 aromatic carbocycles. The van der Waals surface area contributed by atoms with E-state index in [1.807, 2.05) is 0 Å². The minimum absolute atomic E-state index is 0.293. The highest BCUT2D eigenvalue weighted by atomic mass is 19.1. The second kappa shape index (κ2) is 6.80. The molecule has 1 aromatic rings. The molecule has 0 saturated heterocycles. The molecule has 102 valence electrons. The number of Topliss-reactive ketones (excluding diaryl/α,β-unsaturated/α-hetero) is 1. The van der Waals surface area contributed by atoms with Gasteiger partial charge < -0.3 is 10.4 Å². The first-order valence-corrected chi connectivity index (χ1v) is 5.82. The van der Waals surface area contributed by atoms with Crippen LogP contribution in [-0.2, 0) is 4.79 Å².